The Morgan fingerprint density at radius 2 is 2.30 bits per heavy atom. The quantitative estimate of drug-likeness (QED) is 0.938. The molecule has 0 bridgehead atoms. The number of nitrogens with one attached hydrogen (secondary N) is 1. The highest BCUT2D eigenvalue weighted by atomic mass is 35.5. The van der Waals surface area contributed by atoms with Crippen LogP contribution in [0.15, 0.2) is 22.9 Å². The molecule has 2 aromatic heterocycles. The molecule has 1 aliphatic carbocycles. The van der Waals surface area contributed by atoms with Crippen LogP contribution >= 0.6 is 11.6 Å². The van der Waals surface area contributed by atoms with Gasteiger partial charge in [0.15, 0.2) is 0 Å². The van der Waals surface area contributed by atoms with Gasteiger partial charge >= 0.3 is 0 Å². The summed E-state index contributed by atoms with van der Waals surface area (Å²) in [6.07, 6.45) is 5.03. The number of aromatic nitrogens is 3. The molecule has 20 heavy (non-hydrogen) atoms. The molecule has 0 saturated heterocycles. The van der Waals surface area contributed by atoms with Crippen molar-refractivity contribution in [2.75, 3.05) is 6.54 Å². The highest BCUT2D eigenvalue weighted by Gasteiger charge is 2.32. The number of nitrogens with zero attached hydrogens (tertiary/aromatic N) is 3. The summed E-state index contributed by atoms with van der Waals surface area (Å²) in [6, 6.07) is 4.01. The van der Waals surface area contributed by atoms with Crippen molar-refractivity contribution in [2.45, 2.75) is 38.1 Å². The first-order chi connectivity index (χ1) is 9.78. The van der Waals surface area contributed by atoms with E-state index in [0.29, 0.717) is 34.4 Å². The first kappa shape index (κ1) is 13.5. The summed E-state index contributed by atoms with van der Waals surface area (Å²) in [4.78, 5) is 8.71. The van der Waals surface area contributed by atoms with Gasteiger partial charge in [0.1, 0.15) is 5.69 Å². The Morgan fingerprint density at radius 3 is 3.05 bits per heavy atom. The first-order valence-electron chi connectivity index (χ1n) is 6.97. The van der Waals surface area contributed by atoms with Gasteiger partial charge in [-0.25, -0.2) is 0 Å². The predicted molar refractivity (Wildman–Crippen MR) is 76.6 cm³/mol. The predicted octanol–water partition coefficient (Wildman–Crippen LogP) is 3.03. The van der Waals surface area contributed by atoms with Crippen LogP contribution < -0.4 is 5.32 Å². The highest BCUT2D eigenvalue weighted by molar-refractivity contribution is 6.30. The van der Waals surface area contributed by atoms with E-state index in [-0.39, 0.29) is 0 Å². The number of hydrogen-bond donors (Lipinski definition) is 1. The molecule has 2 aromatic rings. The van der Waals surface area contributed by atoms with Crippen LogP contribution in [0, 0.1) is 0 Å². The minimum Gasteiger partial charge on any atom is -0.339 e. The van der Waals surface area contributed by atoms with Crippen LogP contribution in [0.2, 0.25) is 5.02 Å². The van der Waals surface area contributed by atoms with Gasteiger partial charge in [0, 0.05) is 12.2 Å². The summed E-state index contributed by atoms with van der Waals surface area (Å²) in [5.41, 5.74) is 0.683. The third kappa shape index (κ3) is 2.69. The average molecular weight is 293 g/mol. The normalized spacial score (nSPS) is 22.3. The molecule has 0 amide bonds. The minimum atomic E-state index is 0.309. The molecule has 2 atom stereocenters. The van der Waals surface area contributed by atoms with Gasteiger partial charge in [0.25, 0.3) is 0 Å². The molecule has 5 nitrogen and oxygen atoms in total. The Hall–Kier alpha value is -1.46. The summed E-state index contributed by atoms with van der Waals surface area (Å²) in [6.45, 7) is 3.08. The average Bonchev–Trinajstić information content (AvgIpc) is 3.08. The molecule has 2 unspecified atom stereocenters. The Balaban J connectivity index is 1.81. The zero-order chi connectivity index (χ0) is 13.9. The monoisotopic (exact) mass is 292 g/mol. The molecule has 6 heteroatoms. The zero-order valence-electron chi connectivity index (χ0n) is 11.3. The van der Waals surface area contributed by atoms with Crippen LogP contribution in [0.1, 0.15) is 38.0 Å². The largest absolute Gasteiger partial charge is 0.339 e. The molecule has 1 saturated carbocycles. The maximum atomic E-state index is 5.83. The maximum absolute atomic E-state index is 5.83. The Bertz CT molecular complexity index is 569. The van der Waals surface area contributed by atoms with Crippen LogP contribution in [0.3, 0.4) is 0 Å². The van der Waals surface area contributed by atoms with Crippen molar-refractivity contribution in [3.05, 3.63) is 29.2 Å². The Morgan fingerprint density at radius 1 is 1.40 bits per heavy atom. The Kier molecular flexibility index (Phi) is 3.98. The van der Waals surface area contributed by atoms with Crippen molar-refractivity contribution in [1.29, 1.82) is 0 Å². The number of pyridine rings is 1. The van der Waals surface area contributed by atoms with Crippen LogP contribution in [0.5, 0.6) is 0 Å². The molecule has 2 heterocycles. The fraction of sp³-hybridized carbons (Fsp3) is 0.500. The van der Waals surface area contributed by atoms with Crippen molar-refractivity contribution >= 4 is 11.6 Å². The van der Waals surface area contributed by atoms with E-state index in [2.05, 4.69) is 27.4 Å². The lowest BCUT2D eigenvalue weighted by atomic mass is 10.0. The van der Waals surface area contributed by atoms with Gasteiger partial charge < -0.3 is 9.84 Å². The summed E-state index contributed by atoms with van der Waals surface area (Å²) in [7, 11) is 0. The molecule has 1 fully saturated rings. The Labute approximate surface area is 122 Å². The van der Waals surface area contributed by atoms with Gasteiger partial charge in [0.2, 0.25) is 11.7 Å². The number of rotatable bonds is 4. The third-order valence-electron chi connectivity index (χ3n) is 3.70. The summed E-state index contributed by atoms with van der Waals surface area (Å²) in [5, 5.41) is 8.12. The van der Waals surface area contributed by atoms with Crippen molar-refractivity contribution < 1.29 is 4.52 Å². The van der Waals surface area contributed by atoms with Crippen LogP contribution in [-0.2, 0) is 0 Å². The van der Waals surface area contributed by atoms with Crippen molar-refractivity contribution in [3.63, 3.8) is 0 Å². The molecule has 0 aromatic carbocycles. The fourth-order valence-corrected chi connectivity index (χ4v) is 2.87. The van der Waals surface area contributed by atoms with Crippen LogP contribution in [0.4, 0.5) is 0 Å². The van der Waals surface area contributed by atoms with Crippen molar-refractivity contribution in [3.8, 4) is 11.5 Å². The molecular weight excluding hydrogens is 276 g/mol. The molecule has 1 N–H and O–H groups in total. The zero-order valence-corrected chi connectivity index (χ0v) is 12.1. The van der Waals surface area contributed by atoms with E-state index >= 15 is 0 Å². The fourth-order valence-electron chi connectivity index (χ4n) is 2.76. The molecule has 106 valence electrons. The number of hydrogen-bond acceptors (Lipinski definition) is 5. The molecular formula is C14H17ClN4O. The van der Waals surface area contributed by atoms with E-state index in [1.807, 2.05) is 0 Å². The van der Waals surface area contributed by atoms with E-state index in [0.717, 1.165) is 19.4 Å². The van der Waals surface area contributed by atoms with Crippen LogP contribution in [-0.4, -0.2) is 27.7 Å². The minimum absolute atomic E-state index is 0.309. The van der Waals surface area contributed by atoms with E-state index in [1.165, 1.54) is 6.42 Å². The molecule has 1 aliphatic rings. The van der Waals surface area contributed by atoms with Gasteiger partial charge in [-0.05, 0) is 31.5 Å². The molecule has 3 rings (SSSR count). The van der Waals surface area contributed by atoms with E-state index < -0.39 is 0 Å². The van der Waals surface area contributed by atoms with E-state index in [1.54, 1.807) is 18.3 Å². The van der Waals surface area contributed by atoms with Gasteiger partial charge in [0.05, 0.1) is 10.9 Å². The second kappa shape index (κ2) is 5.89. The lowest BCUT2D eigenvalue weighted by Crippen LogP contribution is -2.31. The highest BCUT2D eigenvalue weighted by Crippen LogP contribution is 2.34. The van der Waals surface area contributed by atoms with Gasteiger partial charge in [-0.2, -0.15) is 4.98 Å². The van der Waals surface area contributed by atoms with Crippen molar-refractivity contribution in [2.24, 2.45) is 0 Å². The summed E-state index contributed by atoms with van der Waals surface area (Å²) in [5.74, 6) is 1.54. The number of likely N-dealkylation sites (N-methyl/N-ethyl adjacent to an activating group) is 1. The van der Waals surface area contributed by atoms with Gasteiger partial charge in [-0.1, -0.05) is 30.1 Å². The van der Waals surface area contributed by atoms with Gasteiger partial charge in [-0.15, -0.1) is 0 Å². The molecule has 0 radical (unpaired) electrons. The lowest BCUT2D eigenvalue weighted by Gasteiger charge is -2.16. The summed E-state index contributed by atoms with van der Waals surface area (Å²) < 4.78 is 5.44. The van der Waals surface area contributed by atoms with E-state index in [9.17, 15) is 0 Å². The SMILES string of the molecule is CCNC1CCCC1c1nc(-c2ccc(Cl)cn2)no1. The topological polar surface area (TPSA) is 63.8 Å². The van der Waals surface area contributed by atoms with Crippen LogP contribution in [0.25, 0.3) is 11.5 Å². The standard InChI is InChI=1S/C14H17ClN4O/c1-2-16-11-5-3-4-10(11)14-18-13(19-20-14)12-7-6-9(15)8-17-12/h6-8,10-11,16H,2-5H2,1H3. The third-order valence-corrected chi connectivity index (χ3v) is 3.92. The van der Waals surface area contributed by atoms with Gasteiger partial charge in [-0.3, -0.25) is 4.98 Å². The van der Waals surface area contributed by atoms with E-state index in [4.69, 9.17) is 16.1 Å². The molecule has 0 spiro atoms. The maximum Gasteiger partial charge on any atom is 0.231 e. The molecule has 0 aliphatic heterocycles. The first-order valence-corrected chi connectivity index (χ1v) is 7.34. The second-order valence-electron chi connectivity index (χ2n) is 5.02. The summed E-state index contributed by atoms with van der Waals surface area (Å²) >= 11 is 5.83. The lowest BCUT2D eigenvalue weighted by molar-refractivity contribution is 0.332. The van der Waals surface area contributed by atoms with Crippen molar-refractivity contribution in [1.82, 2.24) is 20.4 Å². The number of halogens is 1. The smallest absolute Gasteiger partial charge is 0.231 e. The second-order valence-corrected chi connectivity index (χ2v) is 5.46.